The molecule has 0 fully saturated rings. The molecule has 0 unspecified atom stereocenters. The number of aromatic nitrogens is 2. The zero-order chi connectivity index (χ0) is 16.3. The Kier molecular flexibility index (Phi) is 6.99. The molecular formula is C16H23FIN5. The van der Waals surface area contributed by atoms with Crippen LogP contribution < -0.4 is 0 Å². The summed E-state index contributed by atoms with van der Waals surface area (Å²) >= 11 is 0. The molecule has 0 N–H and O–H groups in total. The maximum atomic E-state index is 14.3. The van der Waals surface area contributed by atoms with Crippen molar-refractivity contribution in [3.63, 3.8) is 0 Å². The van der Waals surface area contributed by atoms with Crippen LogP contribution in [0, 0.1) is 12.7 Å². The van der Waals surface area contributed by atoms with Crippen LogP contribution in [0.3, 0.4) is 0 Å². The summed E-state index contributed by atoms with van der Waals surface area (Å²) in [6.45, 7) is 2.28. The Labute approximate surface area is 153 Å². The fourth-order valence-corrected chi connectivity index (χ4v) is 2.32. The van der Waals surface area contributed by atoms with Gasteiger partial charge in [0.25, 0.3) is 0 Å². The van der Waals surface area contributed by atoms with Gasteiger partial charge in [-0.15, -0.1) is 24.0 Å². The van der Waals surface area contributed by atoms with Crippen LogP contribution in [0.15, 0.2) is 35.6 Å². The van der Waals surface area contributed by atoms with Gasteiger partial charge in [0.05, 0.1) is 12.2 Å². The highest BCUT2D eigenvalue weighted by molar-refractivity contribution is 14.0. The zero-order valence-electron chi connectivity index (χ0n) is 14.1. The van der Waals surface area contributed by atoms with Crippen LogP contribution in [-0.4, -0.2) is 53.5 Å². The van der Waals surface area contributed by atoms with E-state index in [0.717, 1.165) is 17.3 Å². The van der Waals surface area contributed by atoms with Crippen LogP contribution in [0.25, 0.3) is 5.69 Å². The van der Waals surface area contributed by atoms with E-state index in [1.807, 2.05) is 51.0 Å². The molecule has 0 bridgehead atoms. The summed E-state index contributed by atoms with van der Waals surface area (Å²) in [7, 11) is 7.74. The van der Waals surface area contributed by atoms with Gasteiger partial charge >= 0.3 is 0 Å². The predicted molar refractivity (Wildman–Crippen MR) is 102 cm³/mol. The first-order valence-corrected chi connectivity index (χ1v) is 7.08. The van der Waals surface area contributed by atoms with Gasteiger partial charge in [0.15, 0.2) is 5.96 Å². The summed E-state index contributed by atoms with van der Waals surface area (Å²) in [5, 5.41) is 0. The van der Waals surface area contributed by atoms with Gasteiger partial charge in [0.1, 0.15) is 11.6 Å². The molecule has 0 amide bonds. The van der Waals surface area contributed by atoms with E-state index in [1.165, 1.54) is 6.07 Å². The number of hydrogen-bond donors (Lipinski definition) is 0. The van der Waals surface area contributed by atoms with Gasteiger partial charge in [-0.25, -0.2) is 14.4 Å². The Morgan fingerprint density at radius 1 is 1.22 bits per heavy atom. The number of nitrogens with zero attached hydrogens (tertiary/aromatic N) is 5. The molecule has 0 atom stereocenters. The minimum absolute atomic E-state index is 0. The highest BCUT2D eigenvalue weighted by Crippen LogP contribution is 2.17. The molecule has 2 aromatic rings. The van der Waals surface area contributed by atoms with E-state index in [1.54, 1.807) is 23.0 Å². The van der Waals surface area contributed by atoms with Gasteiger partial charge in [-0.2, -0.15) is 0 Å². The topological polar surface area (TPSA) is 36.7 Å². The number of guanidine groups is 1. The van der Waals surface area contributed by atoms with Crippen molar-refractivity contribution in [2.24, 2.45) is 4.99 Å². The fraction of sp³-hybridized carbons (Fsp3) is 0.375. The summed E-state index contributed by atoms with van der Waals surface area (Å²) < 4.78 is 16.0. The third-order valence-electron chi connectivity index (χ3n) is 3.30. The minimum Gasteiger partial charge on any atom is -0.349 e. The van der Waals surface area contributed by atoms with Crippen molar-refractivity contribution in [1.29, 1.82) is 0 Å². The van der Waals surface area contributed by atoms with Gasteiger partial charge in [0.2, 0.25) is 0 Å². The quantitative estimate of drug-likeness (QED) is 0.426. The molecule has 7 heteroatoms. The summed E-state index contributed by atoms with van der Waals surface area (Å²) in [4.78, 5) is 12.5. The number of rotatable bonds is 3. The predicted octanol–water partition coefficient (Wildman–Crippen LogP) is 2.92. The van der Waals surface area contributed by atoms with E-state index in [0.29, 0.717) is 12.2 Å². The highest BCUT2D eigenvalue weighted by atomic mass is 127. The summed E-state index contributed by atoms with van der Waals surface area (Å²) in [6.07, 6.45) is 3.41. The SMILES string of the molecule is Cc1nccn1-c1ccc(CN=C(N(C)C)N(C)C)cc1F.I. The van der Waals surface area contributed by atoms with Crippen molar-refractivity contribution in [1.82, 2.24) is 19.4 Å². The first kappa shape index (κ1) is 19.4. The summed E-state index contributed by atoms with van der Waals surface area (Å²) in [6, 6.07) is 5.19. The van der Waals surface area contributed by atoms with Gasteiger partial charge in [-0.1, -0.05) is 6.07 Å². The van der Waals surface area contributed by atoms with Crippen molar-refractivity contribution in [3.05, 3.63) is 47.8 Å². The molecule has 0 aliphatic carbocycles. The maximum absolute atomic E-state index is 14.3. The molecule has 1 aromatic heterocycles. The van der Waals surface area contributed by atoms with Crippen LogP contribution in [0.2, 0.25) is 0 Å². The lowest BCUT2D eigenvalue weighted by Gasteiger charge is -2.22. The van der Waals surface area contributed by atoms with E-state index in [4.69, 9.17) is 0 Å². The Bertz CT molecular complexity index is 669. The maximum Gasteiger partial charge on any atom is 0.195 e. The van der Waals surface area contributed by atoms with Crippen LogP contribution in [0.1, 0.15) is 11.4 Å². The lowest BCUT2D eigenvalue weighted by atomic mass is 10.2. The average Bonchev–Trinajstić information content (AvgIpc) is 2.84. The lowest BCUT2D eigenvalue weighted by Crippen LogP contribution is -2.35. The summed E-state index contributed by atoms with van der Waals surface area (Å²) in [5.74, 6) is 1.33. The number of aliphatic imine (C=N–C) groups is 1. The highest BCUT2D eigenvalue weighted by Gasteiger charge is 2.09. The average molecular weight is 431 g/mol. The number of halogens is 2. The Morgan fingerprint density at radius 2 is 1.87 bits per heavy atom. The standard InChI is InChI=1S/C16H22FN5.HI/c1-12-18-8-9-22(12)15-7-6-13(10-14(15)17)11-19-16(20(2)3)21(4)5;/h6-10H,11H2,1-5H3;1H. The molecule has 0 spiro atoms. The second kappa shape index (κ2) is 8.28. The van der Waals surface area contributed by atoms with Gasteiger partial charge < -0.3 is 14.4 Å². The number of benzene rings is 1. The van der Waals surface area contributed by atoms with E-state index in [-0.39, 0.29) is 29.8 Å². The number of aryl methyl sites for hydroxylation is 1. The molecule has 0 saturated carbocycles. The fourth-order valence-electron chi connectivity index (χ4n) is 2.32. The second-order valence-electron chi connectivity index (χ2n) is 5.54. The van der Waals surface area contributed by atoms with Gasteiger partial charge in [-0.3, -0.25) is 0 Å². The molecule has 126 valence electrons. The largest absolute Gasteiger partial charge is 0.349 e. The molecule has 2 rings (SSSR count). The van der Waals surface area contributed by atoms with Crippen molar-refractivity contribution in [2.45, 2.75) is 13.5 Å². The first-order chi connectivity index (χ1) is 10.4. The van der Waals surface area contributed by atoms with E-state index < -0.39 is 0 Å². The molecule has 0 saturated heterocycles. The third kappa shape index (κ3) is 4.66. The molecule has 1 heterocycles. The van der Waals surface area contributed by atoms with Crippen molar-refractivity contribution in [3.8, 4) is 5.69 Å². The van der Waals surface area contributed by atoms with Crippen LogP contribution in [-0.2, 0) is 6.54 Å². The van der Waals surface area contributed by atoms with Crippen molar-refractivity contribution >= 4 is 29.9 Å². The monoisotopic (exact) mass is 431 g/mol. The van der Waals surface area contributed by atoms with Gasteiger partial charge in [-0.05, 0) is 24.6 Å². The van der Waals surface area contributed by atoms with Crippen LogP contribution >= 0.6 is 24.0 Å². The Balaban J connectivity index is 0.00000264. The number of imidazole rings is 1. The molecule has 0 aliphatic heterocycles. The Hall–Kier alpha value is -1.64. The van der Waals surface area contributed by atoms with Crippen LogP contribution in [0.4, 0.5) is 4.39 Å². The van der Waals surface area contributed by atoms with Gasteiger partial charge in [0, 0.05) is 40.6 Å². The van der Waals surface area contributed by atoms with Crippen LogP contribution in [0.5, 0.6) is 0 Å². The molecular weight excluding hydrogens is 408 g/mol. The van der Waals surface area contributed by atoms with E-state index >= 15 is 0 Å². The zero-order valence-corrected chi connectivity index (χ0v) is 16.4. The van der Waals surface area contributed by atoms with E-state index in [9.17, 15) is 4.39 Å². The normalized spacial score (nSPS) is 10.0. The molecule has 0 aliphatic rings. The van der Waals surface area contributed by atoms with E-state index in [2.05, 4.69) is 9.98 Å². The lowest BCUT2D eigenvalue weighted by molar-refractivity contribution is 0.479. The van der Waals surface area contributed by atoms with Crippen molar-refractivity contribution in [2.75, 3.05) is 28.2 Å². The number of hydrogen-bond acceptors (Lipinski definition) is 2. The third-order valence-corrected chi connectivity index (χ3v) is 3.30. The first-order valence-electron chi connectivity index (χ1n) is 7.08. The molecule has 5 nitrogen and oxygen atoms in total. The second-order valence-corrected chi connectivity index (χ2v) is 5.54. The minimum atomic E-state index is -0.273. The smallest absolute Gasteiger partial charge is 0.195 e. The molecule has 1 aromatic carbocycles. The van der Waals surface area contributed by atoms with Crippen molar-refractivity contribution < 1.29 is 4.39 Å². The Morgan fingerprint density at radius 3 is 2.35 bits per heavy atom. The molecule has 0 radical (unpaired) electrons. The summed E-state index contributed by atoms with van der Waals surface area (Å²) in [5.41, 5.74) is 1.34. The molecule has 23 heavy (non-hydrogen) atoms.